The van der Waals surface area contributed by atoms with E-state index in [1.807, 2.05) is 0 Å². The number of aliphatic hydroxyl groups is 2. The number of benzene rings is 1. The number of ketones is 5. The third-order valence-corrected chi connectivity index (χ3v) is 10.3. The van der Waals surface area contributed by atoms with Gasteiger partial charge in [0, 0.05) is 16.7 Å². The van der Waals surface area contributed by atoms with E-state index in [-0.39, 0.29) is 11.3 Å². The lowest BCUT2D eigenvalue weighted by Gasteiger charge is -2.65. The zero-order valence-corrected chi connectivity index (χ0v) is 24.5. The van der Waals surface area contributed by atoms with Crippen LogP contribution < -0.4 is 0 Å². The van der Waals surface area contributed by atoms with Gasteiger partial charge in [-0.15, -0.1) is 0 Å². The van der Waals surface area contributed by atoms with Crippen LogP contribution in [0.1, 0.15) is 96.0 Å². The van der Waals surface area contributed by atoms with Crippen molar-refractivity contribution in [2.45, 2.75) is 91.8 Å². The monoisotopic (exact) mass is 554 g/mol. The molecule has 0 bridgehead atoms. The summed E-state index contributed by atoms with van der Waals surface area (Å²) in [6, 6.07) is 4.68. The zero-order valence-electron chi connectivity index (χ0n) is 24.5. The van der Waals surface area contributed by atoms with Gasteiger partial charge in [-0.05, 0) is 42.7 Å². The van der Waals surface area contributed by atoms with Gasteiger partial charge in [0.2, 0.25) is 0 Å². The summed E-state index contributed by atoms with van der Waals surface area (Å²) in [6.45, 7) is 11.7. The van der Waals surface area contributed by atoms with Crippen LogP contribution in [0.2, 0.25) is 0 Å². The van der Waals surface area contributed by atoms with Crippen molar-refractivity contribution < 1.29 is 39.3 Å². The standard InChI is InChI=1S/C32H42O8/c1-15(2)11-8-9-13-19-18-12-10-14-20(34)22(18)26(36)24-28(38)32(40)27(37)21(17(5)33)25(35)23(16(3)4)31(32,7)29(39)30(19,24)6/h10,12,14-16,19,21,23-24,29,34,39-40H,8-9,11,13H2,1-7H3/t19-,21?,23?,24?,29-,30+,31+,32+/m1/s1. The minimum atomic E-state index is -2.95. The number of aromatic hydroxyl groups is 1. The number of aliphatic hydroxyl groups excluding tert-OH is 1. The van der Waals surface area contributed by atoms with Crippen LogP contribution in [-0.2, 0) is 19.2 Å². The Kier molecular flexibility index (Phi) is 7.55. The van der Waals surface area contributed by atoms with Crippen molar-refractivity contribution in [3.8, 4) is 5.75 Å². The van der Waals surface area contributed by atoms with E-state index in [2.05, 4.69) is 13.8 Å². The average Bonchev–Trinajstić information content (AvgIpc) is 2.84. The van der Waals surface area contributed by atoms with E-state index < -0.39 is 81.0 Å². The summed E-state index contributed by atoms with van der Waals surface area (Å²) in [7, 11) is 0. The highest BCUT2D eigenvalue weighted by Gasteiger charge is 2.80. The van der Waals surface area contributed by atoms with Crippen LogP contribution in [0, 0.1) is 40.4 Å². The molecule has 3 unspecified atom stereocenters. The number of carbonyl (C=O) groups excluding carboxylic acids is 5. The van der Waals surface area contributed by atoms with Gasteiger partial charge in [-0.2, -0.15) is 0 Å². The number of phenols is 1. The lowest BCUT2D eigenvalue weighted by Crippen LogP contribution is -2.82. The van der Waals surface area contributed by atoms with Crippen molar-refractivity contribution in [3.05, 3.63) is 29.3 Å². The molecule has 8 heteroatoms. The summed E-state index contributed by atoms with van der Waals surface area (Å²) in [5.74, 6) is -10.4. The molecule has 0 spiro atoms. The Balaban J connectivity index is 2.00. The summed E-state index contributed by atoms with van der Waals surface area (Å²) in [4.78, 5) is 68.7. The predicted molar refractivity (Wildman–Crippen MR) is 147 cm³/mol. The molecule has 0 aromatic heterocycles. The Morgan fingerprint density at radius 2 is 1.62 bits per heavy atom. The van der Waals surface area contributed by atoms with E-state index in [4.69, 9.17) is 0 Å². The Morgan fingerprint density at radius 1 is 1.00 bits per heavy atom. The first-order valence-corrected chi connectivity index (χ1v) is 14.4. The maximum absolute atomic E-state index is 14.5. The zero-order chi connectivity index (χ0) is 30.1. The molecule has 0 aliphatic heterocycles. The van der Waals surface area contributed by atoms with Crippen molar-refractivity contribution >= 4 is 28.9 Å². The molecule has 3 aliphatic carbocycles. The molecule has 2 saturated carbocycles. The minimum Gasteiger partial charge on any atom is -0.507 e. The summed E-state index contributed by atoms with van der Waals surface area (Å²) < 4.78 is 0. The molecule has 4 rings (SSSR count). The third-order valence-electron chi connectivity index (χ3n) is 10.3. The first kappa shape index (κ1) is 30.3. The molecule has 40 heavy (non-hydrogen) atoms. The van der Waals surface area contributed by atoms with Gasteiger partial charge in [0.05, 0.1) is 17.6 Å². The van der Waals surface area contributed by atoms with Gasteiger partial charge < -0.3 is 15.3 Å². The van der Waals surface area contributed by atoms with Crippen LogP contribution in [0.25, 0.3) is 0 Å². The fourth-order valence-corrected chi connectivity index (χ4v) is 8.52. The second-order valence-electron chi connectivity index (χ2n) is 13.4. The molecular weight excluding hydrogens is 512 g/mol. The lowest BCUT2D eigenvalue weighted by molar-refractivity contribution is -0.241. The maximum atomic E-state index is 14.5. The number of rotatable bonds is 7. The summed E-state index contributed by atoms with van der Waals surface area (Å²) >= 11 is 0. The molecule has 218 valence electrons. The van der Waals surface area contributed by atoms with Crippen molar-refractivity contribution in [2.75, 3.05) is 0 Å². The van der Waals surface area contributed by atoms with Crippen molar-refractivity contribution in [3.63, 3.8) is 0 Å². The number of unbranched alkanes of at least 4 members (excludes halogenated alkanes) is 1. The normalized spacial score (nSPS) is 37.4. The maximum Gasteiger partial charge on any atom is 0.191 e. The van der Waals surface area contributed by atoms with Crippen molar-refractivity contribution in [1.29, 1.82) is 0 Å². The Morgan fingerprint density at radius 3 is 2.17 bits per heavy atom. The second-order valence-corrected chi connectivity index (χ2v) is 13.4. The quantitative estimate of drug-likeness (QED) is 0.341. The van der Waals surface area contributed by atoms with Crippen LogP contribution in [0.15, 0.2) is 18.2 Å². The number of fused-ring (bicyclic) bond motifs is 3. The van der Waals surface area contributed by atoms with Crippen molar-refractivity contribution in [2.24, 2.45) is 40.4 Å². The first-order chi connectivity index (χ1) is 18.5. The van der Waals surface area contributed by atoms with Gasteiger partial charge in [0.15, 0.2) is 28.7 Å². The highest BCUT2D eigenvalue weighted by atomic mass is 16.3. The largest absolute Gasteiger partial charge is 0.507 e. The average molecular weight is 555 g/mol. The van der Waals surface area contributed by atoms with Gasteiger partial charge >= 0.3 is 0 Å². The molecule has 0 saturated heterocycles. The molecule has 0 radical (unpaired) electrons. The molecule has 0 amide bonds. The van der Waals surface area contributed by atoms with Crippen LogP contribution >= 0.6 is 0 Å². The van der Waals surface area contributed by atoms with E-state index in [0.717, 1.165) is 19.8 Å². The summed E-state index contributed by atoms with van der Waals surface area (Å²) in [5, 5.41) is 35.3. The molecule has 1 aromatic carbocycles. The molecule has 3 aliphatic rings. The smallest absolute Gasteiger partial charge is 0.191 e. The summed E-state index contributed by atoms with van der Waals surface area (Å²) in [5.41, 5.74) is -5.98. The van der Waals surface area contributed by atoms with E-state index >= 15 is 0 Å². The van der Waals surface area contributed by atoms with E-state index in [1.165, 1.54) is 13.0 Å². The first-order valence-electron chi connectivity index (χ1n) is 14.4. The van der Waals surface area contributed by atoms with Crippen LogP contribution in [0.3, 0.4) is 0 Å². The molecule has 8 nitrogen and oxygen atoms in total. The molecule has 2 fully saturated rings. The Hall–Kier alpha value is -2.71. The van der Waals surface area contributed by atoms with Crippen molar-refractivity contribution in [1.82, 2.24) is 0 Å². The number of Topliss-reactive ketones (excluding diaryl/α,β-unsaturated/α-hetero) is 5. The SMILES string of the molecule is CC(=O)C1C(=O)C(C(C)C)[C@@]2(C)[C@H](O)[C@]3(C)C(C(=O)c4c(O)cccc4[C@H]3CCCCC(C)C)C(=O)[C@@]2(O)C1=O. The molecule has 0 heterocycles. The number of hydrogen-bond donors (Lipinski definition) is 3. The number of carbonyl (C=O) groups is 5. The molecule has 3 N–H and O–H groups in total. The number of hydrogen-bond acceptors (Lipinski definition) is 8. The summed E-state index contributed by atoms with van der Waals surface area (Å²) in [6.07, 6.45) is 1.38. The third kappa shape index (κ3) is 3.74. The predicted octanol–water partition coefficient (Wildman–Crippen LogP) is 3.82. The molecular formula is C32H42O8. The van der Waals surface area contributed by atoms with E-state index in [0.29, 0.717) is 24.3 Å². The highest BCUT2D eigenvalue weighted by molar-refractivity contribution is 6.32. The highest BCUT2D eigenvalue weighted by Crippen LogP contribution is 2.67. The minimum absolute atomic E-state index is 0.0468. The van der Waals surface area contributed by atoms with E-state index in [1.54, 1.807) is 32.9 Å². The fourth-order valence-electron chi connectivity index (χ4n) is 8.52. The van der Waals surface area contributed by atoms with Crippen LogP contribution in [-0.4, -0.2) is 55.9 Å². The van der Waals surface area contributed by atoms with Crippen LogP contribution in [0.4, 0.5) is 0 Å². The Bertz CT molecular complexity index is 1280. The van der Waals surface area contributed by atoms with Gasteiger partial charge in [0.1, 0.15) is 17.5 Å². The Labute approximate surface area is 235 Å². The lowest BCUT2D eigenvalue weighted by atomic mass is 9.37. The van der Waals surface area contributed by atoms with Crippen LogP contribution in [0.5, 0.6) is 5.75 Å². The fraction of sp³-hybridized carbons (Fsp3) is 0.656. The number of phenolic OH excluding ortho intramolecular Hbond substituents is 1. The van der Waals surface area contributed by atoms with Gasteiger partial charge in [-0.25, -0.2) is 0 Å². The van der Waals surface area contributed by atoms with Gasteiger partial charge in [0.25, 0.3) is 0 Å². The second kappa shape index (κ2) is 9.98. The topological polar surface area (TPSA) is 146 Å². The molecule has 1 aromatic rings. The van der Waals surface area contributed by atoms with E-state index in [9.17, 15) is 39.3 Å². The van der Waals surface area contributed by atoms with Gasteiger partial charge in [-0.3, -0.25) is 24.0 Å². The van der Waals surface area contributed by atoms with Gasteiger partial charge in [-0.1, -0.05) is 72.9 Å². The molecule has 8 atom stereocenters.